The molecule has 0 spiro atoms. The second-order valence-corrected chi connectivity index (χ2v) is 5.33. The minimum absolute atomic E-state index is 0.291. The van der Waals surface area contributed by atoms with Crippen LogP contribution < -0.4 is 11.1 Å². The maximum absolute atomic E-state index is 5.71. The number of aryl methyl sites for hydroxylation is 1. The Balaban J connectivity index is 2.19. The van der Waals surface area contributed by atoms with Gasteiger partial charge in [0, 0.05) is 30.1 Å². The molecule has 0 saturated heterocycles. The molecule has 2 rings (SSSR count). The predicted octanol–water partition coefficient (Wildman–Crippen LogP) is 3.35. The lowest BCUT2D eigenvalue weighted by molar-refractivity contribution is 0.832. The number of anilines is 1. The van der Waals surface area contributed by atoms with E-state index in [2.05, 4.69) is 41.3 Å². The van der Waals surface area contributed by atoms with Gasteiger partial charge in [0.2, 0.25) is 0 Å². The van der Waals surface area contributed by atoms with Gasteiger partial charge in [-0.25, -0.2) is 9.97 Å². The zero-order valence-corrected chi connectivity index (χ0v) is 12.8. The van der Waals surface area contributed by atoms with Crippen LogP contribution in [-0.4, -0.2) is 9.97 Å². The van der Waals surface area contributed by atoms with Crippen LogP contribution >= 0.6 is 0 Å². The number of hydrogen-bond acceptors (Lipinski definition) is 4. The molecule has 2 aromatic rings. The van der Waals surface area contributed by atoms with E-state index < -0.39 is 0 Å². The highest BCUT2D eigenvalue weighted by Crippen LogP contribution is 2.20. The minimum Gasteiger partial charge on any atom is -0.404 e. The summed E-state index contributed by atoms with van der Waals surface area (Å²) in [7, 11) is 0. The van der Waals surface area contributed by atoms with E-state index in [1.54, 1.807) is 6.20 Å². The topological polar surface area (TPSA) is 63.8 Å². The lowest BCUT2D eigenvalue weighted by atomic mass is 10.0. The molecular formula is C17H22N4. The van der Waals surface area contributed by atoms with E-state index in [1.807, 2.05) is 31.2 Å². The van der Waals surface area contributed by atoms with E-state index in [0.29, 0.717) is 11.7 Å². The molecule has 0 unspecified atom stereocenters. The second-order valence-electron chi connectivity index (χ2n) is 5.33. The first-order valence-corrected chi connectivity index (χ1v) is 7.15. The zero-order chi connectivity index (χ0) is 15.2. The van der Waals surface area contributed by atoms with Gasteiger partial charge in [-0.3, -0.25) is 0 Å². The molecule has 0 atom stereocenters. The molecule has 0 saturated carbocycles. The van der Waals surface area contributed by atoms with Crippen LogP contribution in [0.1, 0.15) is 30.9 Å². The maximum Gasteiger partial charge on any atom is 0.159 e. The molecule has 0 aliphatic carbocycles. The zero-order valence-electron chi connectivity index (χ0n) is 12.8. The van der Waals surface area contributed by atoms with Gasteiger partial charge in [-0.05, 0) is 18.4 Å². The lowest BCUT2D eigenvalue weighted by Crippen LogP contribution is -2.08. The molecule has 1 aromatic carbocycles. The molecule has 1 aromatic heterocycles. The van der Waals surface area contributed by atoms with Crippen molar-refractivity contribution < 1.29 is 0 Å². The average molecular weight is 282 g/mol. The third-order valence-corrected chi connectivity index (χ3v) is 3.23. The molecule has 110 valence electrons. The Bertz CT molecular complexity index is 618. The molecule has 3 N–H and O–H groups in total. The molecule has 1 heterocycles. The summed E-state index contributed by atoms with van der Waals surface area (Å²) in [6.45, 7) is 6.87. The first kappa shape index (κ1) is 15.0. The van der Waals surface area contributed by atoms with Crippen LogP contribution in [-0.2, 0) is 6.54 Å². The van der Waals surface area contributed by atoms with Gasteiger partial charge in [-0.2, -0.15) is 0 Å². The van der Waals surface area contributed by atoms with Crippen molar-refractivity contribution in [3.05, 3.63) is 59.7 Å². The number of nitrogens with zero attached hydrogens (tertiary/aromatic N) is 2. The Labute approximate surface area is 126 Å². The quantitative estimate of drug-likeness (QED) is 0.882. The summed E-state index contributed by atoms with van der Waals surface area (Å²) in [6.07, 6.45) is 1.60. The Hall–Kier alpha value is -2.36. The molecule has 0 bridgehead atoms. The number of nitrogens with one attached hydrogen (secondary N) is 1. The monoisotopic (exact) mass is 282 g/mol. The SMILES string of the molecule is Cc1cc(NCc2ccccc2)nc(C(=CN)C(C)C)n1. The van der Waals surface area contributed by atoms with Gasteiger partial charge in [0.1, 0.15) is 5.82 Å². The lowest BCUT2D eigenvalue weighted by Gasteiger charge is -2.12. The molecule has 21 heavy (non-hydrogen) atoms. The normalized spacial score (nSPS) is 11.7. The van der Waals surface area contributed by atoms with E-state index in [4.69, 9.17) is 5.73 Å². The van der Waals surface area contributed by atoms with Crippen LogP contribution in [0.15, 0.2) is 42.6 Å². The molecule has 4 nitrogen and oxygen atoms in total. The standard InChI is InChI=1S/C17H22N4/c1-12(2)15(10-18)17-20-13(3)9-16(21-17)19-11-14-7-5-4-6-8-14/h4-10,12H,11,18H2,1-3H3,(H,19,20,21). The first-order chi connectivity index (χ1) is 10.1. The third-order valence-electron chi connectivity index (χ3n) is 3.23. The highest BCUT2D eigenvalue weighted by Gasteiger charge is 2.11. The largest absolute Gasteiger partial charge is 0.404 e. The molecule has 0 aliphatic rings. The molecule has 0 aliphatic heterocycles. The Morgan fingerprint density at radius 3 is 2.57 bits per heavy atom. The van der Waals surface area contributed by atoms with Gasteiger partial charge >= 0.3 is 0 Å². The highest BCUT2D eigenvalue weighted by atomic mass is 15.0. The smallest absolute Gasteiger partial charge is 0.159 e. The van der Waals surface area contributed by atoms with Crippen LogP contribution in [0, 0.1) is 12.8 Å². The fourth-order valence-corrected chi connectivity index (χ4v) is 2.10. The number of allylic oxidation sites excluding steroid dienone is 1. The molecule has 0 amide bonds. The summed E-state index contributed by atoms with van der Waals surface area (Å²) in [5.41, 5.74) is 8.81. The van der Waals surface area contributed by atoms with Crippen molar-refractivity contribution in [1.82, 2.24) is 9.97 Å². The van der Waals surface area contributed by atoms with Crippen LogP contribution in [0.5, 0.6) is 0 Å². The van der Waals surface area contributed by atoms with Crippen molar-refractivity contribution >= 4 is 11.4 Å². The summed E-state index contributed by atoms with van der Waals surface area (Å²) < 4.78 is 0. The number of aromatic nitrogens is 2. The Morgan fingerprint density at radius 2 is 1.95 bits per heavy atom. The van der Waals surface area contributed by atoms with Gasteiger partial charge in [0.25, 0.3) is 0 Å². The fourth-order valence-electron chi connectivity index (χ4n) is 2.10. The molecular weight excluding hydrogens is 260 g/mol. The van der Waals surface area contributed by atoms with Crippen LogP contribution in [0.3, 0.4) is 0 Å². The van der Waals surface area contributed by atoms with Crippen molar-refractivity contribution in [2.45, 2.75) is 27.3 Å². The van der Waals surface area contributed by atoms with E-state index in [-0.39, 0.29) is 0 Å². The summed E-state index contributed by atoms with van der Waals surface area (Å²) in [6, 6.07) is 12.2. The number of nitrogens with two attached hydrogens (primary N) is 1. The van der Waals surface area contributed by atoms with Crippen molar-refractivity contribution in [2.24, 2.45) is 11.7 Å². The highest BCUT2D eigenvalue weighted by molar-refractivity contribution is 5.62. The van der Waals surface area contributed by atoms with Gasteiger partial charge in [0.05, 0.1) is 0 Å². The van der Waals surface area contributed by atoms with Gasteiger partial charge in [0.15, 0.2) is 5.82 Å². The van der Waals surface area contributed by atoms with Crippen LogP contribution in [0.4, 0.5) is 5.82 Å². The Morgan fingerprint density at radius 1 is 1.24 bits per heavy atom. The van der Waals surface area contributed by atoms with Gasteiger partial charge in [-0.15, -0.1) is 0 Å². The van der Waals surface area contributed by atoms with Crippen molar-refractivity contribution in [2.75, 3.05) is 5.32 Å². The number of benzene rings is 1. The van der Waals surface area contributed by atoms with Crippen LogP contribution in [0.25, 0.3) is 5.57 Å². The fraction of sp³-hybridized carbons (Fsp3) is 0.294. The Kier molecular flexibility index (Phi) is 4.93. The number of hydrogen-bond donors (Lipinski definition) is 2. The molecule has 0 radical (unpaired) electrons. The summed E-state index contributed by atoms with van der Waals surface area (Å²) in [5, 5.41) is 3.34. The third kappa shape index (κ3) is 4.05. The average Bonchev–Trinajstić information content (AvgIpc) is 2.46. The maximum atomic E-state index is 5.71. The van der Waals surface area contributed by atoms with Crippen molar-refractivity contribution in [1.29, 1.82) is 0 Å². The van der Waals surface area contributed by atoms with Crippen LogP contribution in [0.2, 0.25) is 0 Å². The van der Waals surface area contributed by atoms with Crippen molar-refractivity contribution in [3.63, 3.8) is 0 Å². The molecule has 4 heteroatoms. The molecule has 0 fully saturated rings. The number of rotatable bonds is 5. The van der Waals surface area contributed by atoms with E-state index in [1.165, 1.54) is 5.56 Å². The van der Waals surface area contributed by atoms with E-state index in [0.717, 1.165) is 23.6 Å². The predicted molar refractivity (Wildman–Crippen MR) is 87.5 cm³/mol. The van der Waals surface area contributed by atoms with Gasteiger partial charge < -0.3 is 11.1 Å². The summed E-state index contributed by atoms with van der Waals surface area (Å²) >= 11 is 0. The van der Waals surface area contributed by atoms with E-state index in [9.17, 15) is 0 Å². The second kappa shape index (κ2) is 6.88. The minimum atomic E-state index is 0.291. The summed E-state index contributed by atoms with van der Waals surface area (Å²) in [4.78, 5) is 9.05. The van der Waals surface area contributed by atoms with E-state index >= 15 is 0 Å². The summed E-state index contributed by atoms with van der Waals surface area (Å²) in [5.74, 6) is 1.81. The van der Waals surface area contributed by atoms with Crippen molar-refractivity contribution in [3.8, 4) is 0 Å². The van der Waals surface area contributed by atoms with Gasteiger partial charge in [-0.1, -0.05) is 44.2 Å². The first-order valence-electron chi connectivity index (χ1n) is 7.15.